The van der Waals surface area contributed by atoms with Gasteiger partial charge in [0.2, 0.25) is 0 Å². The molecule has 8 heteroatoms. The molecule has 2 atom stereocenters. The summed E-state index contributed by atoms with van der Waals surface area (Å²) in [5.74, 6) is 2.72. The highest BCUT2D eigenvalue weighted by Crippen LogP contribution is 2.28. The van der Waals surface area contributed by atoms with Gasteiger partial charge < -0.3 is 15.2 Å². The number of unbranched alkanes of at least 4 members (excludes halogenated alkanes) is 1. The molecule has 24 heavy (non-hydrogen) atoms. The predicted molar refractivity (Wildman–Crippen MR) is 113 cm³/mol. The molecule has 2 rings (SSSR count). The second kappa shape index (κ2) is 11.2. The zero-order valence-corrected chi connectivity index (χ0v) is 18.4. The van der Waals surface area contributed by atoms with Gasteiger partial charge in [0.05, 0.1) is 0 Å². The van der Waals surface area contributed by atoms with Gasteiger partial charge in [0, 0.05) is 24.9 Å². The Morgan fingerprint density at radius 2 is 2.17 bits per heavy atom. The van der Waals surface area contributed by atoms with Gasteiger partial charge >= 0.3 is 0 Å². The number of aliphatic imine (C=N–C) groups is 1. The van der Waals surface area contributed by atoms with Crippen LogP contribution in [-0.4, -0.2) is 44.8 Å². The molecule has 0 spiro atoms. The maximum atomic E-state index is 4.72. The van der Waals surface area contributed by atoms with Crippen LogP contribution in [0.4, 0.5) is 0 Å². The lowest BCUT2D eigenvalue weighted by Crippen LogP contribution is -2.43. The first kappa shape index (κ1) is 21.5. The Kier molecular flexibility index (Phi) is 10.0. The van der Waals surface area contributed by atoms with E-state index in [9.17, 15) is 0 Å². The number of halogens is 1. The molecule has 1 fully saturated rings. The fourth-order valence-electron chi connectivity index (χ4n) is 2.75. The van der Waals surface area contributed by atoms with Gasteiger partial charge in [-0.25, -0.2) is 4.99 Å². The van der Waals surface area contributed by atoms with Crippen molar-refractivity contribution in [1.82, 2.24) is 25.4 Å². The van der Waals surface area contributed by atoms with E-state index in [-0.39, 0.29) is 24.0 Å². The summed E-state index contributed by atoms with van der Waals surface area (Å²) in [5, 5.41) is 16.1. The van der Waals surface area contributed by atoms with Crippen LogP contribution in [0.2, 0.25) is 0 Å². The SMILES string of the molecule is CCCCNC(=NCc1nnc(C)n1C)NC1CCC(SC)C1.I. The third-order valence-electron chi connectivity index (χ3n) is 4.44. The molecular formula is C16H31IN6S. The number of thioether (sulfide) groups is 1. The van der Waals surface area contributed by atoms with Crippen molar-refractivity contribution in [2.24, 2.45) is 12.0 Å². The van der Waals surface area contributed by atoms with E-state index in [1.807, 2.05) is 30.3 Å². The highest BCUT2D eigenvalue weighted by molar-refractivity contribution is 14.0. The van der Waals surface area contributed by atoms with Gasteiger partial charge in [-0.05, 0) is 38.9 Å². The predicted octanol–water partition coefficient (Wildman–Crippen LogP) is 2.86. The van der Waals surface area contributed by atoms with Crippen molar-refractivity contribution in [2.45, 2.75) is 63.8 Å². The summed E-state index contributed by atoms with van der Waals surface area (Å²) >= 11 is 1.98. The second-order valence-corrected chi connectivity index (χ2v) is 7.32. The highest BCUT2D eigenvalue weighted by Gasteiger charge is 2.24. The summed E-state index contributed by atoms with van der Waals surface area (Å²) in [7, 11) is 1.98. The molecule has 0 bridgehead atoms. The standard InChI is InChI=1S/C16H30N6S.HI/c1-5-6-9-17-16(19-13-7-8-14(10-13)23-4)18-11-15-21-20-12(2)22(15)3;/h13-14H,5-11H2,1-4H3,(H2,17,18,19);1H. The largest absolute Gasteiger partial charge is 0.356 e. The number of nitrogens with one attached hydrogen (secondary N) is 2. The van der Waals surface area contributed by atoms with Gasteiger partial charge in [0.1, 0.15) is 12.4 Å². The van der Waals surface area contributed by atoms with Crippen LogP contribution in [-0.2, 0) is 13.6 Å². The van der Waals surface area contributed by atoms with Crippen molar-refractivity contribution < 1.29 is 0 Å². The summed E-state index contributed by atoms with van der Waals surface area (Å²) < 4.78 is 1.99. The van der Waals surface area contributed by atoms with E-state index < -0.39 is 0 Å². The quantitative estimate of drug-likeness (QED) is 0.280. The Hall–Kier alpha value is -0.510. The summed E-state index contributed by atoms with van der Waals surface area (Å²) in [5.41, 5.74) is 0. The van der Waals surface area contributed by atoms with E-state index in [1.54, 1.807) is 0 Å². The summed E-state index contributed by atoms with van der Waals surface area (Å²) in [6.07, 6.45) is 8.28. The van der Waals surface area contributed by atoms with Crippen LogP contribution in [0.3, 0.4) is 0 Å². The number of hydrogen-bond acceptors (Lipinski definition) is 4. The first-order valence-electron chi connectivity index (χ1n) is 8.56. The van der Waals surface area contributed by atoms with Crippen LogP contribution in [0.1, 0.15) is 50.7 Å². The number of guanidine groups is 1. The van der Waals surface area contributed by atoms with E-state index in [4.69, 9.17) is 4.99 Å². The van der Waals surface area contributed by atoms with E-state index >= 15 is 0 Å². The van der Waals surface area contributed by atoms with Crippen molar-refractivity contribution in [3.05, 3.63) is 11.6 Å². The number of aromatic nitrogens is 3. The first-order chi connectivity index (χ1) is 11.1. The zero-order chi connectivity index (χ0) is 16.7. The van der Waals surface area contributed by atoms with Crippen molar-refractivity contribution in [3.63, 3.8) is 0 Å². The van der Waals surface area contributed by atoms with E-state index in [0.717, 1.165) is 35.8 Å². The molecule has 0 amide bonds. The molecule has 2 unspecified atom stereocenters. The molecule has 1 aromatic rings. The Labute approximate surface area is 167 Å². The summed E-state index contributed by atoms with van der Waals surface area (Å²) in [6, 6.07) is 0.529. The van der Waals surface area contributed by atoms with Crippen molar-refractivity contribution in [1.29, 1.82) is 0 Å². The van der Waals surface area contributed by atoms with E-state index in [1.165, 1.54) is 25.7 Å². The normalized spacial score (nSPS) is 20.8. The van der Waals surface area contributed by atoms with Crippen molar-refractivity contribution in [2.75, 3.05) is 12.8 Å². The van der Waals surface area contributed by atoms with Gasteiger partial charge in [-0.15, -0.1) is 34.2 Å². The first-order valence-corrected chi connectivity index (χ1v) is 9.85. The Morgan fingerprint density at radius 1 is 1.38 bits per heavy atom. The Morgan fingerprint density at radius 3 is 2.75 bits per heavy atom. The maximum absolute atomic E-state index is 4.72. The minimum absolute atomic E-state index is 0. The topological polar surface area (TPSA) is 67.1 Å². The van der Waals surface area contributed by atoms with Crippen LogP contribution >= 0.6 is 35.7 Å². The van der Waals surface area contributed by atoms with E-state index in [2.05, 4.69) is 34.0 Å². The lowest BCUT2D eigenvalue weighted by Gasteiger charge is -2.17. The molecule has 1 aliphatic carbocycles. The molecule has 0 aromatic carbocycles. The molecule has 138 valence electrons. The van der Waals surface area contributed by atoms with Crippen molar-refractivity contribution in [3.8, 4) is 0 Å². The van der Waals surface area contributed by atoms with Gasteiger partial charge in [-0.3, -0.25) is 0 Å². The molecule has 0 aliphatic heterocycles. The highest BCUT2D eigenvalue weighted by atomic mass is 127. The fraction of sp³-hybridized carbons (Fsp3) is 0.812. The molecule has 1 aromatic heterocycles. The molecule has 0 saturated heterocycles. The molecule has 0 radical (unpaired) electrons. The minimum atomic E-state index is 0. The lowest BCUT2D eigenvalue weighted by molar-refractivity contribution is 0.607. The zero-order valence-electron chi connectivity index (χ0n) is 15.2. The Bertz CT molecular complexity index is 519. The molecular weight excluding hydrogens is 435 g/mol. The second-order valence-electron chi connectivity index (χ2n) is 6.18. The van der Waals surface area contributed by atoms with Gasteiger partial charge in [-0.2, -0.15) is 11.8 Å². The molecule has 1 aliphatic rings. The summed E-state index contributed by atoms with van der Waals surface area (Å²) in [4.78, 5) is 4.72. The number of aryl methyl sites for hydroxylation is 1. The number of nitrogens with zero attached hydrogens (tertiary/aromatic N) is 4. The van der Waals surface area contributed by atoms with Crippen LogP contribution in [0, 0.1) is 6.92 Å². The number of rotatable bonds is 7. The average molecular weight is 466 g/mol. The number of hydrogen-bond donors (Lipinski definition) is 2. The van der Waals surface area contributed by atoms with Crippen LogP contribution in [0.5, 0.6) is 0 Å². The monoisotopic (exact) mass is 466 g/mol. The van der Waals surface area contributed by atoms with Crippen LogP contribution < -0.4 is 10.6 Å². The minimum Gasteiger partial charge on any atom is -0.356 e. The fourth-order valence-corrected chi connectivity index (χ4v) is 3.55. The third-order valence-corrected chi connectivity index (χ3v) is 5.54. The Balaban J connectivity index is 0.00000288. The average Bonchev–Trinajstić information content (AvgIpc) is 3.13. The molecule has 6 nitrogen and oxygen atoms in total. The lowest BCUT2D eigenvalue weighted by atomic mass is 10.2. The molecule has 2 N–H and O–H groups in total. The van der Waals surface area contributed by atoms with Gasteiger partial charge in [0.15, 0.2) is 11.8 Å². The van der Waals surface area contributed by atoms with Crippen LogP contribution in [0.25, 0.3) is 0 Å². The molecule has 1 heterocycles. The van der Waals surface area contributed by atoms with Crippen molar-refractivity contribution >= 4 is 41.7 Å². The van der Waals surface area contributed by atoms with Crippen LogP contribution in [0.15, 0.2) is 4.99 Å². The van der Waals surface area contributed by atoms with Gasteiger partial charge in [-0.1, -0.05) is 13.3 Å². The smallest absolute Gasteiger partial charge is 0.191 e. The van der Waals surface area contributed by atoms with Gasteiger partial charge in [0.25, 0.3) is 0 Å². The third kappa shape index (κ3) is 6.42. The van der Waals surface area contributed by atoms with E-state index in [0.29, 0.717) is 12.6 Å². The maximum Gasteiger partial charge on any atom is 0.191 e. The molecule has 1 saturated carbocycles. The summed E-state index contributed by atoms with van der Waals surface area (Å²) in [6.45, 7) is 5.67.